The molecule has 0 spiro atoms. The predicted octanol–water partition coefficient (Wildman–Crippen LogP) is 1.50. The van der Waals surface area contributed by atoms with Crippen LogP contribution >= 0.6 is 0 Å². The SMILES string of the molecule is CCCOC(=O)CCC(O)c1cnn(C)c1C. The molecule has 0 aliphatic rings. The zero-order valence-electron chi connectivity index (χ0n) is 10.6. The molecule has 0 radical (unpaired) electrons. The fourth-order valence-corrected chi connectivity index (χ4v) is 1.54. The number of aromatic nitrogens is 2. The van der Waals surface area contributed by atoms with Gasteiger partial charge in [0.05, 0.1) is 18.9 Å². The Morgan fingerprint density at radius 2 is 2.35 bits per heavy atom. The number of aliphatic hydroxyl groups is 1. The second kappa shape index (κ2) is 6.39. The minimum atomic E-state index is -0.655. The van der Waals surface area contributed by atoms with Gasteiger partial charge in [-0.05, 0) is 19.8 Å². The van der Waals surface area contributed by atoms with Crippen molar-refractivity contribution in [3.63, 3.8) is 0 Å². The third-order valence-corrected chi connectivity index (χ3v) is 2.72. The van der Waals surface area contributed by atoms with Gasteiger partial charge in [-0.15, -0.1) is 0 Å². The monoisotopic (exact) mass is 240 g/mol. The molecule has 0 aliphatic carbocycles. The zero-order valence-corrected chi connectivity index (χ0v) is 10.6. The average molecular weight is 240 g/mol. The summed E-state index contributed by atoms with van der Waals surface area (Å²) in [7, 11) is 1.82. The fraction of sp³-hybridized carbons (Fsp3) is 0.667. The molecule has 0 fully saturated rings. The number of aryl methyl sites for hydroxylation is 1. The Bertz CT molecular complexity index is 374. The number of esters is 1. The lowest BCUT2D eigenvalue weighted by atomic mass is 10.1. The second-order valence-corrected chi connectivity index (χ2v) is 4.08. The third-order valence-electron chi connectivity index (χ3n) is 2.72. The first kappa shape index (κ1) is 13.7. The number of hydrogen-bond donors (Lipinski definition) is 1. The molecule has 0 amide bonds. The summed E-state index contributed by atoms with van der Waals surface area (Å²) in [5.74, 6) is -0.257. The van der Waals surface area contributed by atoms with E-state index in [9.17, 15) is 9.90 Å². The Morgan fingerprint density at radius 1 is 1.65 bits per heavy atom. The summed E-state index contributed by atoms with van der Waals surface area (Å²) in [6.45, 7) is 4.28. The van der Waals surface area contributed by atoms with Crippen molar-refractivity contribution in [2.75, 3.05) is 6.61 Å². The zero-order chi connectivity index (χ0) is 12.8. The largest absolute Gasteiger partial charge is 0.466 e. The maximum Gasteiger partial charge on any atom is 0.305 e. The summed E-state index contributed by atoms with van der Waals surface area (Å²) in [6.07, 6.45) is 2.40. The van der Waals surface area contributed by atoms with Crippen LogP contribution in [0.15, 0.2) is 6.20 Å². The summed E-state index contributed by atoms with van der Waals surface area (Å²) in [5, 5.41) is 14.0. The second-order valence-electron chi connectivity index (χ2n) is 4.08. The molecule has 0 aliphatic heterocycles. The van der Waals surface area contributed by atoms with Crippen LogP contribution < -0.4 is 0 Å². The van der Waals surface area contributed by atoms with E-state index in [1.165, 1.54) is 0 Å². The van der Waals surface area contributed by atoms with Gasteiger partial charge in [0.2, 0.25) is 0 Å². The van der Waals surface area contributed by atoms with Gasteiger partial charge in [-0.1, -0.05) is 6.92 Å². The smallest absolute Gasteiger partial charge is 0.305 e. The molecule has 96 valence electrons. The molecule has 1 unspecified atom stereocenters. The van der Waals surface area contributed by atoms with Crippen molar-refractivity contribution >= 4 is 5.97 Å². The molecule has 1 aromatic heterocycles. The Labute approximate surface area is 101 Å². The summed E-state index contributed by atoms with van der Waals surface area (Å²) in [5.41, 5.74) is 1.69. The van der Waals surface area contributed by atoms with E-state index >= 15 is 0 Å². The molecule has 5 heteroatoms. The van der Waals surface area contributed by atoms with E-state index in [-0.39, 0.29) is 12.4 Å². The van der Waals surface area contributed by atoms with Crippen molar-refractivity contribution in [2.24, 2.45) is 7.05 Å². The van der Waals surface area contributed by atoms with E-state index in [1.807, 2.05) is 20.9 Å². The lowest BCUT2D eigenvalue weighted by molar-refractivity contribution is -0.144. The predicted molar refractivity (Wildman–Crippen MR) is 63.4 cm³/mol. The summed E-state index contributed by atoms with van der Waals surface area (Å²) in [4.78, 5) is 11.3. The van der Waals surface area contributed by atoms with Crippen molar-refractivity contribution < 1.29 is 14.6 Å². The average Bonchev–Trinajstić information content (AvgIpc) is 2.64. The Kier molecular flexibility index (Phi) is 5.15. The number of aliphatic hydroxyl groups excluding tert-OH is 1. The molecular formula is C12H20N2O3. The molecule has 5 nitrogen and oxygen atoms in total. The number of rotatable bonds is 6. The van der Waals surface area contributed by atoms with E-state index in [4.69, 9.17) is 4.74 Å². The summed E-state index contributed by atoms with van der Waals surface area (Å²) >= 11 is 0. The van der Waals surface area contributed by atoms with Gasteiger partial charge in [0.1, 0.15) is 0 Å². The topological polar surface area (TPSA) is 64.3 Å². The number of carbonyl (C=O) groups excluding carboxylic acids is 1. The van der Waals surface area contributed by atoms with E-state index < -0.39 is 6.10 Å². The van der Waals surface area contributed by atoms with E-state index in [0.29, 0.717) is 13.0 Å². The lowest BCUT2D eigenvalue weighted by Crippen LogP contribution is -2.08. The molecule has 1 aromatic rings. The number of carbonyl (C=O) groups is 1. The van der Waals surface area contributed by atoms with Crippen LogP contribution in [0.3, 0.4) is 0 Å². The third kappa shape index (κ3) is 3.85. The van der Waals surface area contributed by atoms with Crippen LogP contribution in [0.25, 0.3) is 0 Å². The van der Waals surface area contributed by atoms with E-state index in [1.54, 1.807) is 10.9 Å². The van der Waals surface area contributed by atoms with Crippen molar-refractivity contribution in [1.29, 1.82) is 0 Å². The van der Waals surface area contributed by atoms with Gasteiger partial charge in [-0.25, -0.2) is 0 Å². The number of nitrogens with zero attached hydrogens (tertiary/aromatic N) is 2. The van der Waals surface area contributed by atoms with Gasteiger partial charge in [0.25, 0.3) is 0 Å². The minimum absolute atomic E-state index is 0.232. The summed E-state index contributed by atoms with van der Waals surface area (Å²) < 4.78 is 6.64. The molecule has 0 saturated carbocycles. The van der Waals surface area contributed by atoms with E-state index in [0.717, 1.165) is 17.7 Å². The highest BCUT2D eigenvalue weighted by Crippen LogP contribution is 2.21. The van der Waals surface area contributed by atoms with Crippen LogP contribution in [-0.2, 0) is 16.6 Å². The molecule has 0 saturated heterocycles. The fourth-order valence-electron chi connectivity index (χ4n) is 1.54. The first-order valence-electron chi connectivity index (χ1n) is 5.88. The molecule has 0 bridgehead atoms. The number of hydrogen-bond acceptors (Lipinski definition) is 4. The first-order valence-corrected chi connectivity index (χ1v) is 5.88. The normalized spacial score (nSPS) is 12.5. The van der Waals surface area contributed by atoms with Gasteiger partial charge in [-0.3, -0.25) is 9.48 Å². The van der Waals surface area contributed by atoms with Crippen LogP contribution in [-0.4, -0.2) is 27.5 Å². The highest BCUT2D eigenvalue weighted by molar-refractivity contribution is 5.69. The Hall–Kier alpha value is -1.36. The van der Waals surface area contributed by atoms with Gasteiger partial charge in [-0.2, -0.15) is 5.10 Å². The first-order chi connectivity index (χ1) is 8.06. The maximum atomic E-state index is 11.3. The minimum Gasteiger partial charge on any atom is -0.466 e. The van der Waals surface area contributed by atoms with Crippen LogP contribution in [0.5, 0.6) is 0 Å². The van der Waals surface area contributed by atoms with Crippen molar-refractivity contribution in [3.8, 4) is 0 Å². The quantitative estimate of drug-likeness (QED) is 0.765. The van der Waals surface area contributed by atoms with Crippen molar-refractivity contribution in [2.45, 2.75) is 39.2 Å². The van der Waals surface area contributed by atoms with Gasteiger partial charge in [0.15, 0.2) is 0 Å². The lowest BCUT2D eigenvalue weighted by Gasteiger charge is -2.09. The highest BCUT2D eigenvalue weighted by Gasteiger charge is 2.15. The molecular weight excluding hydrogens is 220 g/mol. The Balaban J connectivity index is 2.42. The molecule has 1 N–H and O–H groups in total. The summed E-state index contributed by atoms with van der Waals surface area (Å²) in [6, 6.07) is 0. The van der Waals surface area contributed by atoms with Gasteiger partial charge >= 0.3 is 5.97 Å². The molecule has 17 heavy (non-hydrogen) atoms. The van der Waals surface area contributed by atoms with Gasteiger partial charge in [0, 0.05) is 24.7 Å². The highest BCUT2D eigenvalue weighted by atomic mass is 16.5. The van der Waals surface area contributed by atoms with Crippen molar-refractivity contribution in [1.82, 2.24) is 9.78 Å². The number of ether oxygens (including phenoxy) is 1. The molecule has 0 aromatic carbocycles. The molecule has 1 atom stereocenters. The van der Waals surface area contributed by atoms with Crippen molar-refractivity contribution in [3.05, 3.63) is 17.5 Å². The molecule has 1 rings (SSSR count). The standard InChI is InChI=1S/C12H20N2O3/c1-4-7-17-12(16)6-5-11(15)10-8-13-14(3)9(10)2/h8,11,15H,4-7H2,1-3H3. The van der Waals surface area contributed by atoms with Crippen LogP contribution in [0.2, 0.25) is 0 Å². The van der Waals surface area contributed by atoms with Crippen LogP contribution in [0, 0.1) is 6.92 Å². The van der Waals surface area contributed by atoms with Crippen LogP contribution in [0.1, 0.15) is 43.5 Å². The van der Waals surface area contributed by atoms with Gasteiger partial charge < -0.3 is 9.84 Å². The van der Waals surface area contributed by atoms with Crippen LogP contribution in [0.4, 0.5) is 0 Å². The van der Waals surface area contributed by atoms with E-state index in [2.05, 4.69) is 5.10 Å². The molecule has 1 heterocycles. The Morgan fingerprint density at radius 3 is 2.88 bits per heavy atom. The maximum absolute atomic E-state index is 11.3.